The molecule has 0 atom stereocenters. The van der Waals surface area contributed by atoms with Gasteiger partial charge in [-0.1, -0.05) is 50.5 Å². The number of amides is 1. The SMILES string of the molecule is CCCCCCOC(=O)c1ccc(CCC(=O)N2CCCc3cc(NS(=O)(=O)c4ccccc4)ccc32)c(C(=N)N)c1. The molecule has 222 valence electrons. The molecular weight excluding hydrogens is 552 g/mol. The van der Waals surface area contributed by atoms with Crippen LogP contribution in [0.1, 0.15) is 72.5 Å². The van der Waals surface area contributed by atoms with Crippen LogP contribution >= 0.6 is 0 Å². The molecule has 0 aromatic heterocycles. The number of sulfonamides is 1. The van der Waals surface area contributed by atoms with E-state index in [9.17, 15) is 18.0 Å². The van der Waals surface area contributed by atoms with Crippen LogP contribution < -0.4 is 15.4 Å². The van der Waals surface area contributed by atoms with Gasteiger partial charge >= 0.3 is 5.97 Å². The third-order valence-corrected chi connectivity index (χ3v) is 8.68. The van der Waals surface area contributed by atoms with Gasteiger partial charge < -0.3 is 15.4 Å². The molecule has 3 aromatic rings. The summed E-state index contributed by atoms with van der Waals surface area (Å²) >= 11 is 0. The topological polar surface area (TPSA) is 143 Å². The van der Waals surface area contributed by atoms with Gasteiger partial charge in [0.1, 0.15) is 5.84 Å². The first kappa shape index (κ1) is 30.8. The highest BCUT2D eigenvalue weighted by Crippen LogP contribution is 2.31. The number of rotatable bonds is 13. The molecule has 0 fully saturated rings. The maximum atomic E-state index is 13.3. The Balaban J connectivity index is 1.41. The van der Waals surface area contributed by atoms with Gasteiger partial charge in [-0.3, -0.25) is 14.9 Å². The highest BCUT2D eigenvalue weighted by molar-refractivity contribution is 7.92. The van der Waals surface area contributed by atoms with Crippen molar-refractivity contribution in [3.05, 3.63) is 89.0 Å². The van der Waals surface area contributed by atoms with Crippen molar-refractivity contribution in [1.29, 1.82) is 5.41 Å². The predicted octanol–water partition coefficient (Wildman–Crippen LogP) is 5.42. The third kappa shape index (κ3) is 7.76. The van der Waals surface area contributed by atoms with Crippen LogP contribution in [0.2, 0.25) is 0 Å². The second-order valence-corrected chi connectivity index (χ2v) is 12.1. The number of benzene rings is 3. The number of nitrogens with one attached hydrogen (secondary N) is 2. The van der Waals surface area contributed by atoms with Crippen LogP contribution in [0.25, 0.3) is 0 Å². The molecule has 0 saturated carbocycles. The van der Waals surface area contributed by atoms with Crippen LogP contribution in [0.4, 0.5) is 11.4 Å². The number of esters is 1. The molecule has 42 heavy (non-hydrogen) atoms. The lowest BCUT2D eigenvalue weighted by molar-refractivity contribution is -0.118. The molecular formula is C32H38N4O5S. The van der Waals surface area contributed by atoms with Crippen molar-refractivity contribution >= 4 is 39.1 Å². The minimum absolute atomic E-state index is 0.0846. The summed E-state index contributed by atoms with van der Waals surface area (Å²) in [5.41, 5.74) is 9.38. The Morgan fingerprint density at radius 3 is 2.55 bits per heavy atom. The van der Waals surface area contributed by atoms with Crippen molar-refractivity contribution in [2.75, 3.05) is 22.8 Å². The van der Waals surface area contributed by atoms with Gasteiger partial charge in [0.15, 0.2) is 0 Å². The number of anilines is 2. The maximum Gasteiger partial charge on any atom is 0.338 e. The van der Waals surface area contributed by atoms with E-state index in [0.717, 1.165) is 49.8 Å². The highest BCUT2D eigenvalue weighted by Gasteiger charge is 2.24. The molecule has 0 spiro atoms. The van der Waals surface area contributed by atoms with Gasteiger partial charge in [0.2, 0.25) is 5.91 Å². The van der Waals surface area contributed by atoms with E-state index in [1.807, 2.05) is 0 Å². The molecule has 1 aliphatic heterocycles. The number of aryl methyl sites for hydroxylation is 2. The predicted molar refractivity (Wildman–Crippen MR) is 165 cm³/mol. The minimum atomic E-state index is -3.72. The zero-order valence-corrected chi connectivity index (χ0v) is 24.7. The summed E-state index contributed by atoms with van der Waals surface area (Å²) in [5, 5.41) is 8.02. The Morgan fingerprint density at radius 1 is 1.02 bits per heavy atom. The van der Waals surface area contributed by atoms with Crippen LogP contribution in [0.5, 0.6) is 0 Å². The van der Waals surface area contributed by atoms with Crippen molar-refractivity contribution in [3.8, 4) is 0 Å². The Labute approximate surface area is 247 Å². The monoisotopic (exact) mass is 590 g/mol. The van der Waals surface area contributed by atoms with Gasteiger partial charge in [0.05, 0.1) is 17.1 Å². The second kappa shape index (κ2) is 14.1. The lowest BCUT2D eigenvalue weighted by atomic mass is 9.97. The zero-order chi connectivity index (χ0) is 30.1. The number of fused-ring (bicyclic) bond motifs is 1. The molecule has 9 nitrogen and oxygen atoms in total. The molecule has 1 heterocycles. The van der Waals surface area contributed by atoms with E-state index < -0.39 is 16.0 Å². The van der Waals surface area contributed by atoms with Crippen molar-refractivity contribution in [1.82, 2.24) is 0 Å². The normalized spacial score (nSPS) is 12.8. The molecule has 10 heteroatoms. The molecule has 0 unspecified atom stereocenters. The molecule has 0 aliphatic carbocycles. The number of hydrogen-bond acceptors (Lipinski definition) is 6. The number of nitrogens with zero attached hydrogens (tertiary/aromatic N) is 1. The van der Waals surface area contributed by atoms with Crippen LogP contribution in [-0.2, 0) is 32.4 Å². The third-order valence-electron chi connectivity index (χ3n) is 7.28. The first-order valence-electron chi connectivity index (χ1n) is 14.3. The fourth-order valence-corrected chi connectivity index (χ4v) is 6.13. The largest absolute Gasteiger partial charge is 0.462 e. The molecule has 0 bridgehead atoms. The second-order valence-electron chi connectivity index (χ2n) is 10.4. The first-order chi connectivity index (χ1) is 20.2. The summed E-state index contributed by atoms with van der Waals surface area (Å²) in [6.45, 7) is 3.03. The van der Waals surface area contributed by atoms with E-state index in [0.29, 0.717) is 42.0 Å². The number of nitrogen functional groups attached to an aromatic ring is 1. The lowest BCUT2D eigenvalue weighted by Gasteiger charge is -2.30. The fraction of sp³-hybridized carbons (Fsp3) is 0.344. The van der Waals surface area contributed by atoms with Gasteiger partial charge in [-0.05, 0) is 79.3 Å². The minimum Gasteiger partial charge on any atom is -0.462 e. The van der Waals surface area contributed by atoms with E-state index in [1.54, 1.807) is 59.5 Å². The van der Waals surface area contributed by atoms with Gasteiger partial charge in [-0.2, -0.15) is 0 Å². The number of carbonyl (C=O) groups excluding carboxylic acids is 2. The van der Waals surface area contributed by atoms with E-state index >= 15 is 0 Å². The van der Waals surface area contributed by atoms with Crippen molar-refractivity contribution in [2.24, 2.45) is 5.73 Å². The molecule has 4 rings (SSSR count). The Kier molecular flexibility index (Phi) is 10.4. The zero-order valence-electron chi connectivity index (χ0n) is 23.9. The average molecular weight is 591 g/mol. The smallest absolute Gasteiger partial charge is 0.338 e. The van der Waals surface area contributed by atoms with Gasteiger partial charge in [0, 0.05) is 29.9 Å². The van der Waals surface area contributed by atoms with E-state index in [1.165, 1.54) is 12.1 Å². The average Bonchev–Trinajstić information content (AvgIpc) is 2.99. The Bertz CT molecular complexity index is 1540. The van der Waals surface area contributed by atoms with E-state index in [2.05, 4.69) is 11.6 Å². The van der Waals surface area contributed by atoms with Crippen molar-refractivity contribution in [3.63, 3.8) is 0 Å². The Hall–Kier alpha value is -4.18. The molecule has 1 amide bonds. The first-order valence-corrected chi connectivity index (χ1v) is 15.8. The Morgan fingerprint density at radius 2 is 1.81 bits per heavy atom. The molecule has 0 saturated heterocycles. The number of ether oxygens (including phenoxy) is 1. The summed E-state index contributed by atoms with van der Waals surface area (Å²) in [7, 11) is -3.72. The van der Waals surface area contributed by atoms with Crippen LogP contribution in [0.15, 0.2) is 71.6 Å². The van der Waals surface area contributed by atoms with Gasteiger partial charge in [0.25, 0.3) is 10.0 Å². The number of amidine groups is 1. The summed E-state index contributed by atoms with van der Waals surface area (Å²) in [6.07, 6.45) is 6.02. The van der Waals surface area contributed by atoms with Crippen molar-refractivity contribution < 1.29 is 22.7 Å². The standard InChI is InChI=1S/C32H38N4O5S/c1-2-3-4-8-20-41-32(38)25-14-13-23(28(22-25)31(33)34)15-18-30(37)36-19-9-10-24-21-26(16-17-29(24)36)35-42(39,40)27-11-6-5-7-12-27/h5-7,11-14,16-17,21-22,35H,2-4,8-10,15,18-20H2,1H3,(H3,33,34). The summed E-state index contributed by atoms with van der Waals surface area (Å²) in [5.74, 6) is -0.713. The van der Waals surface area contributed by atoms with Crippen LogP contribution in [0.3, 0.4) is 0 Å². The summed E-state index contributed by atoms with van der Waals surface area (Å²) in [4.78, 5) is 27.7. The molecule has 0 radical (unpaired) electrons. The van der Waals surface area contributed by atoms with Crippen LogP contribution in [0, 0.1) is 5.41 Å². The summed E-state index contributed by atoms with van der Waals surface area (Å²) in [6, 6.07) is 18.3. The molecule has 3 aromatic carbocycles. The quantitative estimate of drug-likeness (QED) is 0.105. The number of unbranched alkanes of at least 4 members (excludes halogenated alkanes) is 3. The summed E-state index contributed by atoms with van der Waals surface area (Å²) < 4.78 is 33.5. The highest BCUT2D eigenvalue weighted by atomic mass is 32.2. The molecule has 1 aliphatic rings. The number of carbonyl (C=O) groups is 2. The van der Waals surface area contributed by atoms with E-state index in [-0.39, 0.29) is 23.1 Å². The number of hydrogen-bond donors (Lipinski definition) is 3. The van der Waals surface area contributed by atoms with Gasteiger partial charge in [-0.25, -0.2) is 13.2 Å². The van der Waals surface area contributed by atoms with E-state index in [4.69, 9.17) is 15.9 Å². The maximum absolute atomic E-state index is 13.3. The lowest BCUT2D eigenvalue weighted by Crippen LogP contribution is -2.35. The number of nitrogens with two attached hydrogens (primary N) is 1. The van der Waals surface area contributed by atoms with Crippen molar-refractivity contribution in [2.45, 2.75) is 63.2 Å². The fourth-order valence-electron chi connectivity index (χ4n) is 5.06. The van der Waals surface area contributed by atoms with Crippen LogP contribution in [-0.4, -0.2) is 39.3 Å². The molecule has 4 N–H and O–H groups in total. The van der Waals surface area contributed by atoms with Gasteiger partial charge in [-0.15, -0.1) is 0 Å².